The highest BCUT2D eigenvalue weighted by molar-refractivity contribution is 7.99. The number of aromatic nitrogens is 3. The van der Waals surface area contributed by atoms with E-state index in [0.717, 1.165) is 29.7 Å². The van der Waals surface area contributed by atoms with Gasteiger partial charge in [0.15, 0.2) is 10.8 Å². The summed E-state index contributed by atoms with van der Waals surface area (Å²) >= 11 is 1.24. The Balaban J connectivity index is 1.56. The third-order valence-corrected chi connectivity index (χ3v) is 5.92. The number of rotatable bonds is 6. The highest BCUT2D eigenvalue weighted by atomic mass is 32.2. The molecule has 3 aromatic rings. The molecule has 0 bridgehead atoms. The van der Waals surface area contributed by atoms with Crippen LogP contribution in [0.4, 0.5) is 5.69 Å². The second kappa shape index (κ2) is 8.97. The summed E-state index contributed by atoms with van der Waals surface area (Å²) in [6, 6.07) is 9.37. The van der Waals surface area contributed by atoms with Crippen LogP contribution in [0.3, 0.4) is 0 Å². The molecule has 0 spiro atoms. The van der Waals surface area contributed by atoms with Gasteiger partial charge in [0.05, 0.1) is 23.8 Å². The Morgan fingerprint density at radius 2 is 2.10 bits per heavy atom. The molecule has 1 fully saturated rings. The summed E-state index contributed by atoms with van der Waals surface area (Å²) in [5, 5.41) is 3.88. The van der Waals surface area contributed by atoms with Gasteiger partial charge in [-0.3, -0.25) is 14.2 Å². The average Bonchev–Trinajstić information content (AvgIpc) is 3.21. The van der Waals surface area contributed by atoms with Gasteiger partial charge in [-0.25, -0.2) is 9.97 Å². The van der Waals surface area contributed by atoms with Gasteiger partial charge in [-0.1, -0.05) is 17.8 Å². The minimum Gasteiger partial charge on any atom is -0.376 e. The molecule has 4 rings (SSSR count). The van der Waals surface area contributed by atoms with Gasteiger partial charge < -0.3 is 10.1 Å². The van der Waals surface area contributed by atoms with Crippen molar-refractivity contribution < 1.29 is 9.53 Å². The number of nitrogens with one attached hydrogen (secondary N) is 1. The van der Waals surface area contributed by atoms with Gasteiger partial charge in [0.2, 0.25) is 5.91 Å². The Morgan fingerprint density at radius 3 is 2.83 bits per heavy atom. The standard InChI is InChI=1S/C22H24N4O3S/c1-14-9-15(2)11-16(10-14)24-19(27)13-30-22-25-20-18(6-3-7-23-20)21(28)26(22)12-17-5-4-8-29-17/h3,6-7,9-11,17H,4-5,8,12-13H2,1-2H3,(H,24,27). The van der Waals surface area contributed by atoms with Gasteiger partial charge in [0.25, 0.3) is 5.56 Å². The van der Waals surface area contributed by atoms with E-state index in [1.165, 1.54) is 11.8 Å². The number of hydrogen-bond acceptors (Lipinski definition) is 6. The average molecular weight is 425 g/mol. The fourth-order valence-electron chi connectivity index (χ4n) is 3.67. The van der Waals surface area contributed by atoms with Gasteiger partial charge in [-0.15, -0.1) is 0 Å². The molecule has 0 radical (unpaired) electrons. The first-order chi connectivity index (χ1) is 14.5. The lowest BCUT2D eigenvalue weighted by atomic mass is 10.1. The number of fused-ring (bicyclic) bond motifs is 1. The molecule has 2 aromatic heterocycles. The highest BCUT2D eigenvalue weighted by Gasteiger charge is 2.21. The summed E-state index contributed by atoms with van der Waals surface area (Å²) in [6.45, 7) is 5.13. The van der Waals surface area contributed by atoms with Crippen LogP contribution in [0.15, 0.2) is 46.5 Å². The first-order valence-corrected chi connectivity index (χ1v) is 11.0. The molecule has 8 heteroatoms. The Labute approximate surface area is 178 Å². The van der Waals surface area contributed by atoms with Gasteiger partial charge in [-0.05, 0) is 62.1 Å². The molecule has 1 unspecified atom stereocenters. The van der Waals surface area contributed by atoms with Crippen molar-refractivity contribution in [3.63, 3.8) is 0 Å². The van der Waals surface area contributed by atoms with Crippen LogP contribution >= 0.6 is 11.8 Å². The van der Waals surface area contributed by atoms with E-state index in [0.29, 0.717) is 29.3 Å². The molecule has 1 amide bonds. The number of thioether (sulfide) groups is 1. The predicted octanol–water partition coefficient (Wildman–Crippen LogP) is 3.32. The van der Waals surface area contributed by atoms with E-state index in [1.54, 1.807) is 22.9 Å². The van der Waals surface area contributed by atoms with E-state index in [9.17, 15) is 9.59 Å². The minimum absolute atomic E-state index is 0.0120. The second-order valence-electron chi connectivity index (χ2n) is 7.53. The smallest absolute Gasteiger partial charge is 0.263 e. The lowest BCUT2D eigenvalue weighted by Crippen LogP contribution is -2.29. The second-order valence-corrected chi connectivity index (χ2v) is 8.48. The topological polar surface area (TPSA) is 86.1 Å². The number of ether oxygens (including phenoxy) is 1. The van der Waals surface area contributed by atoms with Crippen molar-refractivity contribution in [2.45, 2.75) is 44.5 Å². The molecule has 1 saturated heterocycles. The Bertz CT molecular complexity index is 1120. The van der Waals surface area contributed by atoms with E-state index in [1.807, 2.05) is 26.0 Å². The van der Waals surface area contributed by atoms with Gasteiger partial charge in [0, 0.05) is 18.5 Å². The molecule has 1 atom stereocenters. The zero-order chi connectivity index (χ0) is 21.1. The molecular formula is C22H24N4O3S. The first kappa shape index (κ1) is 20.6. The van der Waals surface area contributed by atoms with Crippen LogP contribution < -0.4 is 10.9 Å². The van der Waals surface area contributed by atoms with Crippen molar-refractivity contribution in [3.8, 4) is 0 Å². The van der Waals surface area contributed by atoms with Crippen molar-refractivity contribution in [3.05, 3.63) is 58.0 Å². The monoisotopic (exact) mass is 424 g/mol. The quantitative estimate of drug-likeness (QED) is 0.483. The zero-order valence-corrected chi connectivity index (χ0v) is 17.9. The van der Waals surface area contributed by atoms with Crippen LogP contribution in [0.1, 0.15) is 24.0 Å². The number of pyridine rings is 1. The number of anilines is 1. The number of hydrogen-bond donors (Lipinski definition) is 1. The molecule has 0 saturated carbocycles. The van der Waals surface area contributed by atoms with Crippen molar-refractivity contribution in [1.29, 1.82) is 0 Å². The number of amides is 1. The van der Waals surface area contributed by atoms with E-state index in [-0.39, 0.29) is 23.3 Å². The van der Waals surface area contributed by atoms with Gasteiger partial charge >= 0.3 is 0 Å². The molecule has 156 valence electrons. The maximum absolute atomic E-state index is 13.1. The number of carbonyl (C=O) groups excluding carboxylic acids is 1. The van der Waals surface area contributed by atoms with Crippen LogP contribution in [0.25, 0.3) is 11.0 Å². The van der Waals surface area contributed by atoms with Crippen LogP contribution in [0, 0.1) is 13.8 Å². The van der Waals surface area contributed by atoms with Crippen molar-refractivity contribution in [2.75, 3.05) is 17.7 Å². The van der Waals surface area contributed by atoms with Crippen LogP contribution in [0.5, 0.6) is 0 Å². The highest BCUT2D eigenvalue weighted by Crippen LogP contribution is 2.21. The Morgan fingerprint density at radius 1 is 1.30 bits per heavy atom. The Hall–Kier alpha value is -2.71. The summed E-state index contributed by atoms with van der Waals surface area (Å²) in [5.41, 5.74) is 3.18. The maximum atomic E-state index is 13.1. The number of nitrogens with zero attached hydrogens (tertiary/aromatic N) is 3. The van der Waals surface area contributed by atoms with Crippen molar-refractivity contribution in [2.24, 2.45) is 0 Å². The maximum Gasteiger partial charge on any atom is 0.263 e. The van der Waals surface area contributed by atoms with Crippen LogP contribution in [0.2, 0.25) is 0 Å². The third kappa shape index (κ3) is 4.71. The summed E-state index contributed by atoms with van der Waals surface area (Å²) < 4.78 is 7.33. The number of carbonyl (C=O) groups is 1. The zero-order valence-electron chi connectivity index (χ0n) is 17.1. The van der Waals surface area contributed by atoms with Gasteiger partial charge in [-0.2, -0.15) is 0 Å². The first-order valence-electron chi connectivity index (χ1n) is 9.98. The summed E-state index contributed by atoms with van der Waals surface area (Å²) in [5.74, 6) is -0.00689. The lowest BCUT2D eigenvalue weighted by molar-refractivity contribution is -0.113. The lowest BCUT2D eigenvalue weighted by Gasteiger charge is -2.16. The van der Waals surface area contributed by atoms with Gasteiger partial charge in [0.1, 0.15) is 0 Å². The SMILES string of the molecule is Cc1cc(C)cc(NC(=O)CSc2nc3ncccc3c(=O)n2CC2CCCO2)c1. The normalized spacial score (nSPS) is 16.1. The third-order valence-electron chi connectivity index (χ3n) is 4.94. The van der Waals surface area contributed by atoms with Crippen molar-refractivity contribution >= 4 is 34.4 Å². The molecule has 1 aliphatic rings. The molecular weight excluding hydrogens is 400 g/mol. The fourth-order valence-corrected chi connectivity index (χ4v) is 4.47. The molecule has 0 aliphatic carbocycles. The van der Waals surface area contributed by atoms with E-state index < -0.39 is 0 Å². The Kier molecular flexibility index (Phi) is 6.15. The predicted molar refractivity (Wildman–Crippen MR) is 118 cm³/mol. The van der Waals surface area contributed by atoms with E-state index in [2.05, 4.69) is 21.4 Å². The molecule has 1 aromatic carbocycles. The summed E-state index contributed by atoms with van der Waals surface area (Å²) in [7, 11) is 0. The minimum atomic E-state index is -0.152. The van der Waals surface area contributed by atoms with Crippen LogP contribution in [-0.2, 0) is 16.1 Å². The summed E-state index contributed by atoms with van der Waals surface area (Å²) in [6.07, 6.45) is 3.50. The molecule has 1 N–H and O–H groups in total. The summed E-state index contributed by atoms with van der Waals surface area (Å²) in [4.78, 5) is 34.4. The largest absolute Gasteiger partial charge is 0.376 e. The number of benzene rings is 1. The van der Waals surface area contributed by atoms with E-state index >= 15 is 0 Å². The molecule has 3 heterocycles. The molecule has 7 nitrogen and oxygen atoms in total. The number of aryl methyl sites for hydroxylation is 2. The van der Waals surface area contributed by atoms with Crippen LogP contribution in [-0.4, -0.2) is 38.9 Å². The van der Waals surface area contributed by atoms with E-state index in [4.69, 9.17) is 4.74 Å². The molecule has 30 heavy (non-hydrogen) atoms. The fraction of sp³-hybridized carbons (Fsp3) is 0.364. The van der Waals surface area contributed by atoms with Crippen molar-refractivity contribution in [1.82, 2.24) is 14.5 Å². The molecule has 1 aliphatic heterocycles.